The zero-order valence-corrected chi connectivity index (χ0v) is 16.2. The van der Waals surface area contributed by atoms with Gasteiger partial charge in [-0.15, -0.1) is 0 Å². The lowest BCUT2D eigenvalue weighted by Crippen LogP contribution is -2.03. The van der Waals surface area contributed by atoms with E-state index in [1.807, 2.05) is 25.1 Å². The molecule has 0 spiro atoms. The lowest BCUT2D eigenvalue weighted by molar-refractivity contribution is 0.421. The van der Waals surface area contributed by atoms with Crippen LogP contribution in [0.5, 0.6) is 0 Å². The fraction of sp³-hybridized carbons (Fsp3) is 0.227. The van der Waals surface area contributed by atoms with Crippen molar-refractivity contribution in [1.82, 2.24) is 25.1 Å². The van der Waals surface area contributed by atoms with Crippen molar-refractivity contribution in [3.63, 3.8) is 0 Å². The van der Waals surface area contributed by atoms with Gasteiger partial charge in [-0.3, -0.25) is 9.97 Å². The first-order valence-electron chi connectivity index (χ1n) is 9.60. The molecule has 0 saturated heterocycles. The predicted molar refractivity (Wildman–Crippen MR) is 110 cm³/mol. The summed E-state index contributed by atoms with van der Waals surface area (Å²) in [6.07, 6.45) is 7.99. The highest BCUT2D eigenvalue weighted by molar-refractivity contribution is 5.54. The van der Waals surface area contributed by atoms with Gasteiger partial charge in [0.1, 0.15) is 5.82 Å². The molecule has 0 saturated carbocycles. The van der Waals surface area contributed by atoms with Gasteiger partial charge in [0.15, 0.2) is 5.82 Å². The monoisotopic (exact) mass is 386 g/mol. The topological polar surface area (TPSA) is 89.6 Å². The molecule has 7 heteroatoms. The van der Waals surface area contributed by atoms with Crippen molar-refractivity contribution >= 4 is 5.82 Å². The van der Waals surface area contributed by atoms with Gasteiger partial charge in [0.2, 0.25) is 0 Å². The summed E-state index contributed by atoms with van der Waals surface area (Å²) in [5, 5.41) is 7.31. The molecular weight excluding hydrogens is 364 g/mol. The molecule has 0 bridgehead atoms. The van der Waals surface area contributed by atoms with Crippen molar-refractivity contribution in [3.8, 4) is 11.5 Å². The molecule has 0 aliphatic carbocycles. The van der Waals surface area contributed by atoms with E-state index in [1.54, 1.807) is 18.6 Å². The third-order valence-electron chi connectivity index (χ3n) is 4.47. The van der Waals surface area contributed by atoms with Crippen LogP contribution in [0.1, 0.15) is 29.2 Å². The fourth-order valence-electron chi connectivity index (χ4n) is 2.88. The lowest BCUT2D eigenvalue weighted by atomic mass is 10.1. The molecule has 4 rings (SSSR count). The van der Waals surface area contributed by atoms with Crippen molar-refractivity contribution in [2.45, 2.75) is 32.7 Å². The summed E-state index contributed by atoms with van der Waals surface area (Å²) in [5.41, 5.74) is 3.88. The number of hydrogen-bond donors (Lipinski definition) is 1. The number of nitrogens with zero attached hydrogens (tertiary/aromatic N) is 5. The number of rotatable bonds is 8. The second kappa shape index (κ2) is 9.05. The number of nitrogens with one attached hydrogen (secondary N) is 1. The van der Waals surface area contributed by atoms with E-state index in [0.29, 0.717) is 12.4 Å². The minimum atomic E-state index is 0.489. The average molecular weight is 386 g/mol. The van der Waals surface area contributed by atoms with Gasteiger partial charge in [-0.25, -0.2) is 4.98 Å². The SMILES string of the molecule is Cc1cnc(CNc2ccc(-c3nc(CCCc4ccccc4)no3)cn2)cn1. The first kappa shape index (κ1) is 18.7. The second-order valence-corrected chi connectivity index (χ2v) is 6.79. The van der Waals surface area contributed by atoms with Crippen LogP contribution in [0.2, 0.25) is 0 Å². The highest BCUT2D eigenvalue weighted by Gasteiger charge is 2.09. The van der Waals surface area contributed by atoms with Gasteiger partial charge in [0.25, 0.3) is 5.89 Å². The van der Waals surface area contributed by atoms with Crippen LogP contribution in [0, 0.1) is 6.92 Å². The molecular formula is C22H22N6O. The molecule has 0 radical (unpaired) electrons. The largest absolute Gasteiger partial charge is 0.364 e. The highest BCUT2D eigenvalue weighted by Crippen LogP contribution is 2.18. The first-order valence-corrected chi connectivity index (χ1v) is 9.60. The van der Waals surface area contributed by atoms with Crippen LogP contribution in [0.25, 0.3) is 11.5 Å². The van der Waals surface area contributed by atoms with Crippen LogP contribution in [0.3, 0.4) is 0 Å². The molecule has 1 aromatic carbocycles. The Kier molecular flexibility index (Phi) is 5.85. The van der Waals surface area contributed by atoms with Gasteiger partial charge in [-0.2, -0.15) is 4.98 Å². The van der Waals surface area contributed by atoms with E-state index in [0.717, 1.165) is 47.9 Å². The summed E-state index contributed by atoms with van der Waals surface area (Å²) in [5.74, 6) is 1.96. The van der Waals surface area contributed by atoms with Crippen molar-refractivity contribution in [2.75, 3.05) is 5.32 Å². The normalized spacial score (nSPS) is 10.8. The number of benzene rings is 1. The maximum Gasteiger partial charge on any atom is 0.259 e. The van der Waals surface area contributed by atoms with Crippen LogP contribution in [-0.4, -0.2) is 25.1 Å². The summed E-state index contributed by atoms with van der Waals surface area (Å²) in [6, 6.07) is 14.2. The number of hydrogen-bond acceptors (Lipinski definition) is 7. The standard InChI is InChI=1S/C22H22N6O/c1-16-12-24-19(14-23-16)15-26-20-11-10-18(13-25-20)22-27-21(28-29-22)9-5-8-17-6-3-2-4-7-17/h2-4,6-7,10-14H,5,8-9,15H2,1H3,(H,25,26). The number of aromatic nitrogens is 5. The van der Waals surface area contributed by atoms with E-state index < -0.39 is 0 Å². The van der Waals surface area contributed by atoms with E-state index in [-0.39, 0.29) is 0 Å². The molecule has 0 unspecified atom stereocenters. The van der Waals surface area contributed by atoms with Gasteiger partial charge in [-0.05, 0) is 37.5 Å². The van der Waals surface area contributed by atoms with E-state index in [9.17, 15) is 0 Å². The zero-order valence-electron chi connectivity index (χ0n) is 16.2. The predicted octanol–water partition coefficient (Wildman–Crippen LogP) is 4.02. The van der Waals surface area contributed by atoms with Crippen LogP contribution in [0.4, 0.5) is 5.82 Å². The smallest absolute Gasteiger partial charge is 0.259 e. The quantitative estimate of drug-likeness (QED) is 0.489. The summed E-state index contributed by atoms with van der Waals surface area (Å²) in [6.45, 7) is 2.47. The minimum Gasteiger partial charge on any atom is -0.364 e. The van der Waals surface area contributed by atoms with Gasteiger partial charge >= 0.3 is 0 Å². The Hall–Kier alpha value is -3.61. The zero-order chi connectivity index (χ0) is 19.9. The van der Waals surface area contributed by atoms with Gasteiger partial charge in [-0.1, -0.05) is 35.5 Å². The molecule has 7 nitrogen and oxygen atoms in total. The first-order chi connectivity index (χ1) is 14.3. The van der Waals surface area contributed by atoms with Crippen LogP contribution < -0.4 is 5.32 Å². The Morgan fingerprint density at radius 2 is 1.79 bits per heavy atom. The fourth-order valence-corrected chi connectivity index (χ4v) is 2.88. The Bertz CT molecular complexity index is 1030. The van der Waals surface area contributed by atoms with Crippen LogP contribution in [0.15, 0.2) is 65.6 Å². The molecule has 146 valence electrons. The van der Waals surface area contributed by atoms with Gasteiger partial charge < -0.3 is 9.84 Å². The van der Waals surface area contributed by atoms with Crippen LogP contribution in [-0.2, 0) is 19.4 Å². The average Bonchev–Trinajstić information content (AvgIpc) is 3.23. The molecule has 0 aliphatic rings. The molecule has 0 atom stereocenters. The molecule has 3 aromatic heterocycles. The van der Waals surface area contributed by atoms with E-state index in [4.69, 9.17) is 4.52 Å². The van der Waals surface area contributed by atoms with E-state index in [1.165, 1.54) is 5.56 Å². The maximum atomic E-state index is 5.39. The Labute approximate surface area is 169 Å². The van der Waals surface area contributed by atoms with E-state index in [2.05, 4.69) is 54.7 Å². The molecule has 1 N–H and O–H groups in total. The number of pyridine rings is 1. The van der Waals surface area contributed by atoms with Crippen LogP contribution >= 0.6 is 0 Å². The molecule has 3 heterocycles. The highest BCUT2D eigenvalue weighted by atomic mass is 16.5. The third-order valence-corrected chi connectivity index (χ3v) is 4.47. The second-order valence-electron chi connectivity index (χ2n) is 6.79. The van der Waals surface area contributed by atoms with Crippen molar-refractivity contribution in [1.29, 1.82) is 0 Å². The maximum absolute atomic E-state index is 5.39. The molecule has 4 aromatic rings. The van der Waals surface area contributed by atoms with Crippen molar-refractivity contribution in [2.24, 2.45) is 0 Å². The minimum absolute atomic E-state index is 0.489. The third kappa shape index (κ3) is 5.22. The van der Waals surface area contributed by atoms with Gasteiger partial charge in [0.05, 0.1) is 29.7 Å². The van der Waals surface area contributed by atoms with Crippen molar-refractivity contribution in [3.05, 3.63) is 83.8 Å². The summed E-state index contributed by atoms with van der Waals surface area (Å²) >= 11 is 0. The summed E-state index contributed by atoms with van der Waals surface area (Å²) < 4.78 is 5.39. The lowest BCUT2D eigenvalue weighted by Gasteiger charge is -2.05. The summed E-state index contributed by atoms with van der Waals surface area (Å²) in [7, 11) is 0. The molecule has 0 fully saturated rings. The Morgan fingerprint density at radius 1 is 0.897 bits per heavy atom. The molecule has 29 heavy (non-hydrogen) atoms. The molecule has 0 aliphatic heterocycles. The Morgan fingerprint density at radius 3 is 2.55 bits per heavy atom. The number of anilines is 1. The van der Waals surface area contributed by atoms with E-state index >= 15 is 0 Å². The molecule has 0 amide bonds. The van der Waals surface area contributed by atoms with Crippen molar-refractivity contribution < 1.29 is 4.52 Å². The number of aryl methyl sites for hydroxylation is 3. The summed E-state index contributed by atoms with van der Waals surface area (Å²) in [4.78, 5) is 17.5. The van der Waals surface area contributed by atoms with Gasteiger partial charge in [0, 0.05) is 18.8 Å². The Balaban J connectivity index is 1.30.